The van der Waals surface area contributed by atoms with Gasteiger partial charge in [0.05, 0.1) is 0 Å². The molecule has 104 valence electrons. The van der Waals surface area contributed by atoms with Crippen molar-refractivity contribution < 1.29 is 0 Å². The molecule has 0 spiro atoms. The number of nitrogens with two attached hydrogens (primary N) is 1. The first kappa shape index (κ1) is 13.7. The lowest BCUT2D eigenvalue weighted by atomic mass is 9.99. The van der Waals surface area contributed by atoms with Gasteiger partial charge in [-0.2, -0.15) is 0 Å². The quantitative estimate of drug-likeness (QED) is 0.889. The van der Waals surface area contributed by atoms with E-state index in [1.54, 1.807) is 0 Å². The molecule has 2 N–H and O–H groups in total. The molecule has 1 nitrogen and oxygen atoms in total. The van der Waals surface area contributed by atoms with Crippen LogP contribution in [0, 0.1) is 12.8 Å². The van der Waals surface area contributed by atoms with Gasteiger partial charge in [0, 0.05) is 11.1 Å². The van der Waals surface area contributed by atoms with Crippen molar-refractivity contribution >= 4 is 11.6 Å². The summed E-state index contributed by atoms with van der Waals surface area (Å²) in [6.07, 6.45) is 2.07. The standard InChI is InChI=1S/C18H20ClN/c1-12-7-8-14(17(19)9-12)10-18(20)16-11-15(16)13-5-3-2-4-6-13/h2-9,15-16,18H,10-11,20H2,1H3. The van der Waals surface area contributed by atoms with E-state index in [9.17, 15) is 0 Å². The van der Waals surface area contributed by atoms with E-state index in [0.717, 1.165) is 11.4 Å². The number of aryl methyl sites for hydroxylation is 1. The first-order chi connectivity index (χ1) is 9.65. The van der Waals surface area contributed by atoms with Gasteiger partial charge in [-0.1, -0.05) is 54.1 Å². The molecule has 3 atom stereocenters. The van der Waals surface area contributed by atoms with Crippen molar-refractivity contribution in [2.75, 3.05) is 0 Å². The van der Waals surface area contributed by atoms with Gasteiger partial charge in [-0.15, -0.1) is 0 Å². The second-order valence-corrected chi connectivity index (χ2v) is 6.29. The van der Waals surface area contributed by atoms with Crippen molar-refractivity contribution in [2.45, 2.75) is 31.7 Å². The summed E-state index contributed by atoms with van der Waals surface area (Å²) in [6, 6.07) is 17.1. The van der Waals surface area contributed by atoms with Crippen LogP contribution in [0.1, 0.15) is 29.0 Å². The van der Waals surface area contributed by atoms with Crippen LogP contribution in [0.3, 0.4) is 0 Å². The number of hydrogen-bond donors (Lipinski definition) is 1. The highest BCUT2D eigenvalue weighted by Gasteiger charge is 2.42. The third kappa shape index (κ3) is 2.89. The van der Waals surface area contributed by atoms with Crippen molar-refractivity contribution in [2.24, 2.45) is 11.7 Å². The fourth-order valence-electron chi connectivity index (χ4n) is 2.99. The maximum atomic E-state index is 6.39. The summed E-state index contributed by atoms with van der Waals surface area (Å²) >= 11 is 6.30. The average Bonchev–Trinajstić information content (AvgIpc) is 3.23. The van der Waals surface area contributed by atoms with Gasteiger partial charge in [-0.3, -0.25) is 0 Å². The lowest BCUT2D eigenvalue weighted by molar-refractivity contribution is 0.578. The minimum Gasteiger partial charge on any atom is -0.327 e. The molecule has 0 heterocycles. The van der Waals surface area contributed by atoms with E-state index in [-0.39, 0.29) is 6.04 Å². The number of rotatable bonds is 4. The lowest BCUT2D eigenvalue weighted by Crippen LogP contribution is -2.26. The molecule has 2 aromatic rings. The number of halogens is 1. The van der Waals surface area contributed by atoms with Gasteiger partial charge in [0.25, 0.3) is 0 Å². The molecule has 3 unspecified atom stereocenters. The first-order valence-electron chi connectivity index (χ1n) is 7.20. The van der Waals surface area contributed by atoms with Crippen molar-refractivity contribution in [3.8, 4) is 0 Å². The van der Waals surface area contributed by atoms with Crippen LogP contribution in [0.15, 0.2) is 48.5 Å². The summed E-state index contributed by atoms with van der Waals surface area (Å²) < 4.78 is 0. The summed E-state index contributed by atoms with van der Waals surface area (Å²) in [6.45, 7) is 2.06. The normalized spacial score (nSPS) is 22.6. The van der Waals surface area contributed by atoms with Crippen molar-refractivity contribution in [1.82, 2.24) is 0 Å². The second-order valence-electron chi connectivity index (χ2n) is 5.88. The molecule has 2 heteroatoms. The van der Waals surface area contributed by atoms with Crippen LogP contribution in [-0.4, -0.2) is 6.04 Å². The molecule has 3 rings (SSSR count). The highest BCUT2D eigenvalue weighted by atomic mass is 35.5. The summed E-state index contributed by atoms with van der Waals surface area (Å²) in [5, 5.41) is 0.845. The maximum absolute atomic E-state index is 6.39. The molecule has 0 aromatic heterocycles. The van der Waals surface area contributed by atoms with Gasteiger partial charge in [-0.25, -0.2) is 0 Å². The van der Waals surface area contributed by atoms with Gasteiger partial charge in [0.2, 0.25) is 0 Å². The molecule has 1 fully saturated rings. The first-order valence-corrected chi connectivity index (χ1v) is 7.58. The average molecular weight is 286 g/mol. The van der Waals surface area contributed by atoms with Crippen LogP contribution < -0.4 is 5.73 Å². The zero-order valence-electron chi connectivity index (χ0n) is 11.7. The van der Waals surface area contributed by atoms with Gasteiger partial charge in [0.15, 0.2) is 0 Å². The smallest absolute Gasteiger partial charge is 0.0441 e. The fraction of sp³-hybridized carbons (Fsp3) is 0.333. The molecule has 1 aliphatic carbocycles. The Bertz CT molecular complexity index is 594. The third-order valence-corrected chi connectivity index (χ3v) is 4.63. The van der Waals surface area contributed by atoms with Gasteiger partial charge >= 0.3 is 0 Å². The molecular weight excluding hydrogens is 266 g/mol. The van der Waals surface area contributed by atoms with Crippen LogP contribution in [0.5, 0.6) is 0 Å². The van der Waals surface area contributed by atoms with E-state index in [0.29, 0.717) is 11.8 Å². The summed E-state index contributed by atoms with van der Waals surface area (Å²) in [4.78, 5) is 0. The maximum Gasteiger partial charge on any atom is 0.0441 e. The summed E-state index contributed by atoms with van der Waals surface area (Å²) in [5.74, 6) is 1.23. The van der Waals surface area contributed by atoms with E-state index in [2.05, 4.69) is 49.4 Å². The molecular formula is C18H20ClN. The molecule has 0 amide bonds. The highest BCUT2D eigenvalue weighted by Crippen LogP contribution is 2.49. The summed E-state index contributed by atoms with van der Waals surface area (Å²) in [5.41, 5.74) is 10.2. The molecule has 0 saturated heterocycles. The van der Waals surface area contributed by atoms with Crippen LogP contribution in [-0.2, 0) is 6.42 Å². The van der Waals surface area contributed by atoms with Crippen LogP contribution in [0.25, 0.3) is 0 Å². The Labute approximate surface area is 125 Å². The Hall–Kier alpha value is -1.31. The SMILES string of the molecule is Cc1ccc(CC(N)C2CC2c2ccccc2)c(Cl)c1. The monoisotopic (exact) mass is 285 g/mol. The largest absolute Gasteiger partial charge is 0.327 e. The van der Waals surface area contributed by atoms with Crippen LogP contribution in [0.4, 0.5) is 0 Å². The van der Waals surface area contributed by atoms with E-state index in [4.69, 9.17) is 17.3 Å². The van der Waals surface area contributed by atoms with Crippen molar-refractivity contribution in [3.63, 3.8) is 0 Å². The van der Waals surface area contributed by atoms with Gasteiger partial charge in [-0.05, 0) is 54.4 Å². The van der Waals surface area contributed by atoms with E-state index in [1.807, 2.05) is 6.07 Å². The zero-order chi connectivity index (χ0) is 14.1. The van der Waals surface area contributed by atoms with Crippen LogP contribution >= 0.6 is 11.6 Å². The minimum atomic E-state index is 0.195. The molecule has 0 radical (unpaired) electrons. The Morgan fingerprint density at radius 2 is 1.95 bits per heavy atom. The summed E-state index contributed by atoms with van der Waals surface area (Å²) in [7, 11) is 0. The zero-order valence-corrected chi connectivity index (χ0v) is 12.5. The third-order valence-electron chi connectivity index (χ3n) is 4.28. The highest BCUT2D eigenvalue weighted by molar-refractivity contribution is 6.31. The Morgan fingerprint density at radius 1 is 1.20 bits per heavy atom. The predicted molar refractivity (Wildman–Crippen MR) is 85.2 cm³/mol. The molecule has 1 aliphatic rings. The fourth-order valence-corrected chi connectivity index (χ4v) is 3.31. The number of benzene rings is 2. The van der Waals surface area contributed by atoms with Crippen LogP contribution in [0.2, 0.25) is 5.02 Å². The minimum absolute atomic E-state index is 0.195. The molecule has 2 aromatic carbocycles. The van der Waals surface area contributed by atoms with Gasteiger partial charge in [0.1, 0.15) is 0 Å². The Kier molecular flexibility index (Phi) is 3.82. The molecule has 1 saturated carbocycles. The second kappa shape index (κ2) is 5.59. The van der Waals surface area contributed by atoms with E-state index < -0.39 is 0 Å². The molecule has 0 aliphatic heterocycles. The van der Waals surface area contributed by atoms with E-state index in [1.165, 1.54) is 23.1 Å². The van der Waals surface area contributed by atoms with Crippen molar-refractivity contribution in [3.05, 3.63) is 70.2 Å². The van der Waals surface area contributed by atoms with E-state index >= 15 is 0 Å². The molecule has 0 bridgehead atoms. The predicted octanol–water partition coefficient (Wildman–Crippen LogP) is 4.32. The topological polar surface area (TPSA) is 26.0 Å². The molecule has 20 heavy (non-hydrogen) atoms. The van der Waals surface area contributed by atoms with Gasteiger partial charge < -0.3 is 5.73 Å². The number of hydrogen-bond acceptors (Lipinski definition) is 1. The van der Waals surface area contributed by atoms with Crippen molar-refractivity contribution in [1.29, 1.82) is 0 Å². The lowest BCUT2D eigenvalue weighted by Gasteiger charge is -2.13. The Morgan fingerprint density at radius 3 is 2.65 bits per heavy atom. The Balaban J connectivity index is 1.65.